The van der Waals surface area contributed by atoms with Crippen LogP contribution < -0.4 is 4.72 Å². The second kappa shape index (κ2) is 5.71. The van der Waals surface area contributed by atoms with Gasteiger partial charge in [-0.05, 0) is 18.2 Å². The number of halogens is 1. The van der Waals surface area contributed by atoms with E-state index in [2.05, 4.69) is 9.46 Å². The second-order valence-corrected chi connectivity index (χ2v) is 5.37. The predicted molar refractivity (Wildman–Crippen MR) is 65.6 cm³/mol. The summed E-state index contributed by atoms with van der Waals surface area (Å²) in [7, 11) is -2.79. The quantitative estimate of drug-likeness (QED) is 0.838. The molecule has 0 saturated heterocycles. The molecular formula is C10H9ClN2O4S. The van der Waals surface area contributed by atoms with Crippen LogP contribution in [0.25, 0.3) is 0 Å². The molecule has 0 spiro atoms. The van der Waals surface area contributed by atoms with Crippen molar-refractivity contribution in [2.24, 2.45) is 0 Å². The van der Waals surface area contributed by atoms with Gasteiger partial charge in [-0.3, -0.25) is 9.52 Å². The fraction of sp³-hybridized carbons (Fsp3) is 0.200. The van der Waals surface area contributed by atoms with Crippen molar-refractivity contribution in [1.29, 1.82) is 5.26 Å². The summed E-state index contributed by atoms with van der Waals surface area (Å²) >= 11 is 5.79. The van der Waals surface area contributed by atoms with E-state index in [0.29, 0.717) is 5.56 Å². The van der Waals surface area contributed by atoms with Gasteiger partial charge in [0.15, 0.2) is 5.75 Å². The van der Waals surface area contributed by atoms with E-state index in [1.54, 1.807) is 0 Å². The fourth-order valence-corrected chi connectivity index (χ4v) is 2.38. The summed E-state index contributed by atoms with van der Waals surface area (Å²) in [5, 5.41) is 8.70. The zero-order valence-corrected chi connectivity index (χ0v) is 10.9. The first-order valence-corrected chi connectivity index (χ1v) is 6.68. The maximum atomic E-state index is 11.5. The molecule has 1 aromatic rings. The number of anilines is 1. The highest BCUT2D eigenvalue weighted by molar-refractivity contribution is 7.93. The summed E-state index contributed by atoms with van der Waals surface area (Å²) in [4.78, 5) is 10.9. The van der Waals surface area contributed by atoms with Gasteiger partial charge in [0.1, 0.15) is 0 Å². The number of methoxy groups -OCH3 is 1. The molecule has 1 aromatic carbocycles. The average molecular weight is 289 g/mol. The van der Waals surface area contributed by atoms with Crippen LogP contribution in [0.3, 0.4) is 0 Å². The molecule has 0 bridgehead atoms. The number of benzene rings is 1. The van der Waals surface area contributed by atoms with Crippen LogP contribution in [0.15, 0.2) is 18.2 Å². The lowest BCUT2D eigenvalue weighted by Crippen LogP contribution is -2.23. The maximum absolute atomic E-state index is 11.5. The number of carbonyl (C=O) groups excluding carboxylic acids is 1. The topological polar surface area (TPSA) is 96.3 Å². The number of sulfonamides is 1. The summed E-state index contributed by atoms with van der Waals surface area (Å²) in [6, 6.07) is 5.93. The van der Waals surface area contributed by atoms with E-state index >= 15 is 0 Å². The molecule has 6 nitrogen and oxygen atoms in total. The van der Waals surface area contributed by atoms with Gasteiger partial charge in [0.25, 0.3) is 0 Å². The van der Waals surface area contributed by atoms with Crippen LogP contribution in [-0.2, 0) is 19.6 Å². The first-order valence-electron chi connectivity index (χ1n) is 4.65. The van der Waals surface area contributed by atoms with Crippen LogP contribution >= 0.6 is 11.6 Å². The maximum Gasteiger partial charge on any atom is 0.322 e. The molecule has 8 heteroatoms. The minimum atomic E-state index is -3.88. The number of hydrogen-bond donors (Lipinski definition) is 1. The Morgan fingerprint density at radius 3 is 2.72 bits per heavy atom. The normalized spacial score (nSPS) is 10.5. The molecule has 0 heterocycles. The number of esters is 1. The Balaban J connectivity index is 2.92. The van der Waals surface area contributed by atoms with E-state index in [1.165, 1.54) is 18.2 Å². The number of nitriles is 1. The van der Waals surface area contributed by atoms with Gasteiger partial charge in [0.05, 0.1) is 29.5 Å². The van der Waals surface area contributed by atoms with Gasteiger partial charge in [0.2, 0.25) is 10.0 Å². The number of hydrogen-bond acceptors (Lipinski definition) is 5. The number of nitrogens with zero attached hydrogens (tertiary/aromatic N) is 1. The third-order valence-electron chi connectivity index (χ3n) is 1.90. The number of carbonyl (C=O) groups is 1. The molecule has 0 unspecified atom stereocenters. The van der Waals surface area contributed by atoms with E-state index in [-0.39, 0.29) is 10.7 Å². The Labute approximate surface area is 109 Å². The van der Waals surface area contributed by atoms with Crippen LogP contribution in [0.5, 0.6) is 0 Å². The summed E-state index contributed by atoms with van der Waals surface area (Å²) in [6.07, 6.45) is 0. The molecule has 18 heavy (non-hydrogen) atoms. The number of nitrogens with one attached hydrogen (secondary N) is 1. The molecule has 1 rings (SSSR count). The minimum absolute atomic E-state index is 0.0718. The van der Waals surface area contributed by atoms with Crippen molar-refractivity contribution in [2.45, 2.75) is 0 Å². The molecule has 0 aliphatic heterocycles. The lowest BCUT2D eigenvalue weighted by atomic mass is 10.2. The second-order valence-electron chi connectivity index (χ2n) is 3.24. The number of ether oxygens (including phenoxy) is 1. The van der Waals surface area contributed by atoms with Gasteiger partial charge in [-0.25, -0.2) is 8.42 Å². The smallest absolute Gasteiger partial charge is 0.322 e. The molecule has 0 atom stereocenters. The highest BCUT2D eigenvalue weighted by atomic mass is 35.5. The molecule has 0 fully saturated rings. The molecule has 0 aliphatic carbocycles. The molecule has 0 aliphatic rings. The van der Waals surface area contributed by atoms with E-state index in [1.807, 2.05) is 6.07 Å². The highest BCUT2D eigenvalue weighted by Crippen LogP contribution is 2.23. The monoisotopic (exact) mass is 288 g/mol. The lowest BCUT2D eigenvalue weighted by molar-refractivity contribution is -0.137. The molecule has 0 radical (unpaired) electrons. The summed E-state index contributed by atoms with van der Waals surface area (Å²) in [5.41, 5.74) is 0.399. The molecule has 0 amide bonds. The van der Waals surface area contributed by atoms with Crippen LogP contribution in [0.4, 0.5) is 5.69 Å². The van der Waals surface area contributed by atoms with Crippen molar-refractivity contribution in [3.8, 4) is 6.07 Å². The Kier molecular flexibility index (Phi) is 4.53. The van der Waals surface area contributed by atoms with E-state index in [4.69, 9.17) is 16.9 Å². The van der Waals surface area contributed by atoms with Gasteiger partial charge in [-0.1, -0.05) is 11.6 Å². The highest BCUT2D eigenvalue weighted by Gasteiger charge is 2.18. The SMILES string of the molecule is COC(=O)CS(=O)(=O)Nc1ccc(C#N)cc1Cl. The molecule has 0 saturated carbocycles. The van der Waals surface area contributed by atoms with Crippen molar-refractivity contribution >= 4 is 33.3 Å². The van der Waals surface area contributed by atoms with E-state index in [9.17, 15) is 13.2 Å². The molecular weight excluding hydrogens is 280 g/mol. The van der Waals surface area contributed by atoms with Gasteiger partial charge in [0, 0.05) is 0 Å². The predicted octanol–water partition coefficient (Wildman–Crippen LogP) is 1.13. The Morgan fingerprint density at radius 1 is 1.56 bits per heavy atom. The van der Waals surface area contributed by atoms with Crippen LogP contribution in [0, 0.1) is 11.3 Å². The van der Waals surface area contributed by atoms with E-state index in [0.717, 1.165) is 7.11 Å². The average Bonchev–Trinajstić information content (AvgIpc) is 2.30. The van der Waals surface area contributed by atoms with Crippen LogP contribution in [0.2, 0.25) is 5.02 Å². The first kappa shape index (κ1) is 14.3. The van der Waals surface area contributed by atoms with Crippen LogP contribution in [0.1, 0.15) is 5.56 Å². The summed E-state index contributed by atoms with van der Waals surface area (Å²) in [5.74, 6) is -1.69. The zero-order valence-electron chi connectivity index (χ0n) is 9.31. The Hall–Kier alpha value is -1.78. The number of rotatable bonds is 4. The van der Waals surface area contributed by atoms with Crippen molar-refractivity contribution in [3.63, 3.8) is 0 Å². The minimum Gasteiger partial charge on any atom is -0.468 e. The van der Waals surface area contributed by atoms with Crippen molar-refractivity contribution in [1.82, 2.24) is 0 Å². The first-order chi connectivity index (χ1) is 8.38. The third-order valence-corrected chi connectivity index (χ3v) is 3.36. The molecule has 96 valence electrons. The third kappa shape index (κ3) is 3.91. The van der Waals surface area contributed by atoms with Crippen molar-refractivity contribution < 1.29 is 17.9 Å². The van der Waals surface area contributed by atoms with Gasteiger partial charge < -0.3 is 4.74 Å². The molecule has 0 aromatic heterocycles. The van der Waals surface area contributed by atoms with Gasteiger partial charge >= 0.3 is 5.97 Å². The van der Waals surface area contributed by atoms with Gasteiger partial charge in [-0.2, -0.15) is 5.26 Å². The van der Waals surface area contributed by atoms with Gasteiger partial charge in [-0.15, -0.1) is 0 Å². The summed E-state index contributed by atoms with van der Waals surface area (Å²) in [6.45, 7) is 0. The van der Waals surface area contributed by atoms with E-state index < -0.39 is 21.7 Å². The Morgan fingerprint density at radius 2 is 2.22 bits per heavy atom. The zero-order chi connectivity index (χ0) is 13.8. The van der Waals surface area contributed by atoms with Crippen molar-refractivity contribution in [3.05, 3.63) is 28.8 Å². The van der Waals surface area contributed by atoms with Crippen molar-refractivity contribution in [2.75, 3.05) is 17.6 Å². The summed E-state index contributed by atoms with van der Waals surface area (Å²) < 4.78 is 29.5. The largest absolute Gasteiger partial charge is 0.468 e. The Bertz CT molecular complexity index is 607. The standard InChI is InChI=1S/C10H9ClN2O4S/c1-17-10(14)6-18(15,16)13-9-3-2-7(5-12)4-8(9)11/h2-4,13H,6H2,1H3. The molecule has 1 N–H and O–H groups in total. The lowest BCUT2D eigenvalue weighted by Gasteiger charge is -2.08. The fourth-order valence-electron chi connectivity index (χ4n) is 1.09. The van der Waals surface area contributed by atoms with Crippen LogP contribution in [-0.4, -0.2) is 27.2 Å².